The summed E-state index contributed by atoms with van der Waals surface area (Å²) in [6.07, 6.45) is 1.13. The molecule has 1 unspecified atom stereocenters. The molecule has 1 saturated heterocycles. The van der Waals surface area contributed by atoms with Crippen LogP contribution in [-0.4, -0.2) is 15.5 Å². The van der Waals surface area contributed by atoms with Gasteiger partial charge in [-0.15, -0.1) is 0 Å². The van der Waals surface area contributed by atoms with Crippen LogP contribution in [0.25, 0.3) is 10.9 Å². The first-order chi connectivity index (χ1) is 10.4. The van der Waals surface area contributed by atoms with E-state index in [1.165, 1.54) is 10.6 Å². The summed E-state index contributed by atoms with van der Waals surface area (Å²) in [5, 5.41) is 3.66. The molecule has 2 aromatic rings. The molecule has 1 atom stereocenters. The highest BCUT2D eigenvalue weighted by Crippen LogP contribution is 2.27. The molecule has 0 aliphatic carbocycles. The number of carbonyl (C=O) groups is 1. The normalized spacial score (nSPS) is 18.6. The van der Waals surface area contributed by atoms with Crippen LogP contribution in [0.1, 0.15) is 24.7 Å². The topological polar surface area (TPSA) is 64.0 Å². The zero-order chi connectivity index (χ0) is 16.0. The summed E-state index contributed by atoms with van der Waals surface area (Å²) in [4.78, 5) is 29.3. The first-order valence-electron chi connectivity index (χ1n) is 6.75. The number of fused-ring (bicyclic) bond motifs is 1. The number of piperidine rings is 1. The number of aromatic nitrogens is 2. The zero-order valence-electron chi connectivity index (χ0n) is 11.8. The van der Waals surface area contributed by atoms with Gasteiger partial charge in [-0.3, -0.25) is 14.2 Å². The van der Waals surface area contributed by atoms with Gasteiger partial charge in [-0.1, -0.05) is 29.8 Å². The Morgan fingerprint density at radius 1 is 1.36 bits per heavy atom. The molecule has 1 aromatic heterocycles. The number of rotatable bonds is 1. The fraction of sp³-hybridized carbons (Fsp3) is 0.267. The molecule has 0 bridgehead atoms. The Hall–Kier alpha value is -1.85. The molecule has 0 radical (unpaired) electrons. The number of nitrogens with one attached hydrogen (secondary N) is 1. The van der Waals surface area contributed by atoms with Crippen molar-refractivity contribution in [3.63, 3.8) is 0 Å². The van der Waals surface area contributed by atoms with E-state index < -0.39 is 6.04 Å². The van der Waals surface area contributed by atoms with Crippen molar-refractivity contribution in [3.8, 4) is 0 Å². The van der Waals surface area contributed by atoms with E-state index in [-0.39, 0.29) is 11.5 Å². The fourth-order valence-corrected chi connectivity index (χ4v) is 3.25. The Morgan fingerprint density at radius 3 is 2.77 bits per heavy atom. The van der Waals surface area contributed by atoms with Gasteiger partial charge in [0.05, 0.1) is 15.9 Å². The number of benzene rings is 1. The molecule has 1 aliphatic heterocycles. The second-order valence-electron chi connectivity index (χ2n) is 5.27. The third-order valence-corrected chi connectivity index (χ3v) is 4.24. The zero-order valence-corrected chi connectivity index (χ0v) is 13.3. The van der Waals surface area contributed by atoms with E-state index in [0.29, 0.717) is 45.3 Å². The molecule has 0 saturated carbocycles. The fourth-order valence-electron chi connectivity index (χ4n) is 2.71. The summed E-state index contributed by atoms with van der Waals surface area (Å²) < 4.78 is 1.40. The van der Waals surface area contributed by atoms with E-state index in [4.69, 9.17) is 23.2 Å². The Kier molecular flexibility index (Phi) is 3.70. The van der Waals surface area contributed by atoms with Crippen LogP contribution < -0.4 is 10.9 Å². The highest BCUT2D eigenvalue weighted by molar-refractivity contribution is 6.38. The largest absolute Gasteiger partial charge is 0.329 e. The Morgan fingerprint density at radius 2 is 2.09 bits per heavy atom. The molecule has 22 heavy (non-hydrogen) atoms. The summed E-state index contributed by atoms with van der Waals surface area (Å²) >= 11 is 12.1. The minimum absolute atomic E-state index is 0.254. The molecule has 1 aliphatic rings. The van der Waals surface area contributed by atoms with E-state index in [2.05, 4.69) is 16.9 Å². The van der Waals surface area contributed by atoms with Gasteiger partial charge in [0, 0.05) is 10.7 Å². The van der Waals surface area contributed by atoms with Crippen LogP contribution in [0.3, 0.4) is 0 Å². The number of carbonyl (C=O) groups excluding carboxylic acids is 1. The van der Waals surface area contributed by atoms with Crippen molar-refractivity contribution in [2.75, 3.05) is 0 Å². The minimum atomic E-state index is -0.604. The lowest BCUT2D eigenvalue weighted by Crippen LogP contribution is -2.41. The molecule has 114 valence electrons. The summed E-state index contributed by atoms with van der Waals surface area (Å²) in [5.41, 5.74) is 0.733. The third-order valence-electron chi connectivity index (χ3n) is 3.73. The van der Waals surface area contributed by atoms with Crippen LogP contribution in [-0.2, 0) is 4.79 Å². The van der Waals surface area contributed by atoms with E-state index in [9.17, 15) is 9.59 Å². The quantitative estimate of drug-likeness (QED) is 0.869. The number of aryl methyl sites for hydroxylation is 1. The Balaban J connectivity index is 2.25. The van der Waals surface area contributed by atoms with Gasteiger partial charge in [0.25, 0.3) is 5.56 Å². The second-order valence-corrected chi connectivity index (χ2v) is 6.11. The van der Waals surface area contributed by atoms with Crippen molar-refractivity contribution in [2.45, 2.75) is 25.8 Å². The molecular formula is C15H13Cl2N3O2. The predicted octanol–water partition coefficient (Wildman–Crippen LogP) is 2.98. The van der Waals surface area contributed by atoms with Crippen LogP contribution in [0.15, 0.2) is 29.2 Å². The SMILES string of the molecule is C=C1CCC(n2c(C)nc3c(Cl)cc(Cl)cc3c2=O)C(=O)N1. The van der Waals surface area contributed by atoms with Crippen molar-refractivity contribution >= 4 is 40.0 Å². The summed E-state index contributed by atoms with van der Waals surface area (Å²) in [5.74, 6) is 0.185. The number of amides is 1. The maximum absolute atomic E-state index is 12.8. The molecule has 1 fully saturated rings. The van der Waals surface area contributed by atoms with E-state index in [1.54, 1.807) is 13.0 Å². The van der Waals surface area contributed by atoms with Crippen LogP contribution in [0.2, 0.25) is 10.0 Å². The van der Waals surface area contributed by atoms with Crippen molar-refractivity contribution in [1.82, 2.24) is 14.9 Å². The van der Waals surface area contributed by atoms with Crippen molar-refractivity contribution in [3.05, 3.63) is 50.6 Å². The van der Waals surface area contributed by atoms with Gasteiger partial charge in [0.2, 0.25) is 5.91 Å². The van der Waals surface area contributed by atoms with E-state index >= 15 is 0 Å². The molecular weight excluding hydrogens is 325 g/mol. The third kappa shape index (κ3) is 2.40. The highest BCUT2D eigenvalue weighted by atomic mass is 35.5. The van der Waals surface area contributed by atoms with Crippen molar-refractivity contribution in [2.24, 2.45) is 0 Å². The van der Waals surface area contributed by atoms with E-state index in [0.717, 1.165) is 0 Å². The molecule has 1 N–H and O–H groups in total. The Bertz CT molecular complexity index is 873. The summed E-state index contributed by atoms with van der Waals surface area (Å²) in [6, 6.07) is 2.46. The summed E-state index contributed by atoms with van der Waals surface area (Å²) in [6.45, 7) is 5.42. The standard InChI is InChI=1S/C15H13Cl2N3O2/c1-7-3-4-12(14(21)18-7)20-8(2)19-13-10(15(20)22)5-9(16)6-11(13)17/h5-6,12H,1,3-4H2,2H3,(H,18,21). The van der Waals surface area contributed by atoms with Crippen LogP contribution in [0, 0.1) is 6.92 Å². The van der Waals surface area contributed by atoms with Gasteiger partial charge >= 0.3 is 0 Å². The first kappa shape index (κ1) is 15.1. The highest BCUT2D eigenvalue weighted by Gasteiger charge is 2.28. The molecule has 0 spiro atoms. The van der Waals surface area contributed by atoms with Crippen LogP contribution in [0.5, 0.6) is 0 Å². The smallest absolute Gasteiger partial charge is 0.262 e. The monoisotopic (exact) mass is 337 g/mol. The second kappa shape index (κ2) is 5.41. The predicted molar refractivity (Wildman–Crippen MR) is 86.3 cm³/mol. The Labute approximate surface area is 136 Å². The number of nitrogens with zero attached hydrogens (tertiary/aromatic N) is 2. The van der Waals surface area contributed by atoms with Gasteiger partial charge in [-0.25, -0.2) is 4.98 Å². The van der Waals surface area contributed by atoms with Gasteiger partial charge in [0.1, 0.15) is 11.9 Å². The molecule has 7 heteroatoms. The molecule has 3 rings (SSSR count). The molecule has 1 aromatic carbocycles. The maximum atomic E-state index is 12.8. The average Bonchev–Trinajstić information content (AvgIpc) is 2.42. The van der Waals surface area contributed by atoms with E-state index in [1.807, 2.05) is 0 Å². The van der Waals surface area contributed by atoms with Gasteiger partial charge in [-0.2, -0.15) is 0 Å². The number of halogens is 2. The number of allylic oxidation sites excluding steroid dienone is 1. The molecule has 1 amide bonds. The van der Waals surface area contributed by atoms with Gasteiger partial charge in [-0.05, 0) is 31.9 Å². The van der Waals surface area contributed by atoms with Crippen LogP contribution >= 0.6 is 23.2 Å². The van der Waals surface area contributed by atoms with Crippen molar-refractivity contribution in [1.29, 1.82) is 0 Å². The van der Waals surface area contributed by atoms with Gasteiger partial charge in [0.15, 0.2) is 0 Å². The molecule has 2 heterocycles. The first-order valence-corrected chi connectivity index (χ1v) is 7.50. The lowest BCUT2D eigenvalue weighted by Gasteiger charge is -2.26. The lowest BCUT2D eigenvalue weighted by atomic mass is 10.0. The number of hydrogen-bond acceptors (Lipinski definition) is 3. The lowest BCUT2D eigenvalue weighted by molar-refractivity contribution is -0.124. The van der Waals surface area contributed by atoms with Gasteiger partial charge < -0.3 is 5.32 Å². The minimum Gasteiger partial charge on any atom is -0.329 e. The average molecular weight is 338 g/mol. The van der Waals surface area contributed by atoms with Crippen LogP contribution in [0.4, 0.5) is 0 Å². The summed E-state index contributed by atoms with van der Waals surface area (Å²) in [7, 11) is 0. The number of hydrogen-bond donors (Lipinski definition) is 1. The maximum Gasteiger partial charge on any atom is 0.262 e. The van der Waals surface area contributed by atoms with Crippen molar-refractivity contribution < 1.29 is 4.79 Å². The molecule has 5 nitrogen and oxygen atoms in total.